The number of halogens is 1. The molecule has 1 aliphatic heterocycles. The highest BCUT2D eigenvalue weighted by Gasteiger charge is 2.40. The fourth-order valence-corrected chi connectivity index (χ4v) is 2.76. The van der Waals surface area contributed by atoms with Gasteiger partial charge in [0.05, 0.1) is 11.6 Å². The summed E-state index contributed by atoms with van der Waals surface area (Å²) < 4.78 is 5.68. The van der Waals surface area contributed by atoms with Gasteiger partial charge in [-0.15, -0.1) is 11.6 Å². The smallest absolute Gasteiger partial charge is 0.204 e. The Hall–Kier alpha value is -1.10. The van der Waals surface area contributed by atoms with E-state index in [1.54, 1.807) is 0 Å². The molecule has 5 heteroatoms. The molecular formula is C17H25ClN2O2. The maximum absolute atomic E-state index is 10.7. The van der Waals surface area contributed by atoms with Crippen molar-refractivity contribution in [2.75, 3.05) is 6.61 Å². The minimum atomic E-state index is -0.562. The second-order valence-corrected chi connectivity index (χ2v) is 7.79. The van der Waals surface area contributed by atoms with Gasteiger partial charge in [-0.25, -0.2) is 4.99 Å². The molecule has 0 aliphatic carbocycles. The van der Waals surface area contributed by atoms with E-state index in [-0.39, 0.29) is 5.54 Å². The molecule has 1 heterocycles. The summed E-state index contributed by atoms with van der Waals surface area (Å²) >= 11 is 6.66. The van der Waals surface area contributed by atoms with Gasteiger partial charge in [0.15, 0.2) is 0 Å². The topological polar surface area (TPSA) is 45.1 Å². The van der Waals surface area contributed by atoms with Crippen LogP contribution in [0.2, 0.25) is 0 Å². The van der Waals surface area contributed by atoms with Crippen molar-refractivity contribution in [1.29, 1.82) is 0 Å². The monoisotopic (exact) mass is 324 g/mol. The summed E-state index contributed by atoms with van der Waals surface area (Å²) in [5.74, 6) is 0.490. The van der Waals surface area contributed by atoms with Gasteiger partial charge >= 0.3 is 0 Å². The van der Waals surface area contributed by atoms with Gasteiger partial charge in [0.1, 0.15) is 12.0 Å². The van der Waals surface area contributed by atoms with Crippen LogP contribution in [0, 0.1) is 0 Å². The van der Waals surface area contributed by atoms with Gasteiger partial charge in [0, 0.05) is 5.54 Å². The van der Waals surface area contributed by atoms with Crippen LogP contribution in [0.1, 0.15) is 46.2 Å². The Morgan fingerprint density at radius 2 is 1.86 bits per heavy atom. The summed E-state index contributed by atoms with van der Waals surface area (Å²) in [6, 6.07) is 9.28. The third-order valence-corrected chi connectivity index (χ3v) is 4.02. The maximum atomic E-state index is 10.7. The van der Waals surface area contributed by atoms with E-state index >= 15 is 0 Å². The normalized spacial score (nSPS) is 20.5. The van der Waals surface area contributed by atoms with Crippen LogP contribution in [-0.2, 0) is 4.74 Å². The summed E-state index contributed by atoms with van der Waals surface area (Å²) in [6.45, 7) is 10.3. The van der Waals surface area contributed by atoms with Crippen molar-refractivity contribution >= 4 is 17.5 Å². The number of aliphatic imine (C=N–C) groups is 1. The van der Waals surface area contributed by atoms with Gasteiger partial charge in [-0.3, -0.25) is 0 Å². The summed E-state index contributed by atoms with van der Waals surface area (Å²) in [5, 5.41) is 11.4. The fourth-order valence-electron chi connectivity index (χ4n) is 2.39. The molecule has 0 fully saturated rings. The predicted molar refractivity (Wildman–Crippen MR) is 89.7 cm³/mol. The van der Waals surface area contributed by atoms with Crippen molar-refractivity contribution in [3.63, 3.8) is 0 Å². The van der Waals surface area contributed by atoms with Gasteiger partial charge < -0.3 is 9.94 Å². The van der Waals surface area contributed by atoms with Crippen molar-refractivity contribution in [3.8, 4) is 0 Å². The first-order chi connectivity index (χ1) is 10.1. The Morgan fingerprint density at radius 1 is 1.27 bits per heavy atom. The van der Waals surface area contributed by atoms with Crippen LogP contribution in [0.25, 0.3) is 0 Å². The number of ether oxygens (including phenoxy) is 1. The van der Waals surface area contributed by atoms with E-state index in [1.807, 2.05) is 65.0 Å². The van der Waals surface area contributed by atoms with Crippen LogP contribution >= 0.6 is 11.6 Å². The van der Waals surface area contributed by atoms with E-state index in [0.29, 0.717) is 12.5 Å². The highest BCUT2D eigenvalue weighted by atomic mass is 35.5. The fraction of sp³-hybridized carbons (Fsp3) is 0.588. The zero-order valence-corrected chi connectivity index (χ0v) is 14.6. The molecule has 0 bridgehead atoms. The summed E-state index contributed by atoms with van der Waals surface area (Å²) in [4.78, 5) is 4.56. The minimum Gasteiger partial charge on any atom is -0.477 e. The van der Waals surface area contributed by atoms with Crippen LogP contribution in [0.4, 0.5) is 0 Å². The molecule has 0 radical (unpaired) electrons. The molecule has 4 nitrogen and oxygen atoms in total. The Kier molecular flexibility index (Phi) is 4.85. The van der Waals surface area contributed by atoms with Crippen molar-refractivity contribution in [3.05, 3.63) is 35.9 Å². The molecule has 1 aromatic carbocycles. The van der Waals surface area contributed by atoms with E-state index in [2.05, 4.69) is 4.99 Å². The molecule has 1 aromatic rings. The molecule has 22 heavy (non-hydrogen) atoms. The molecule has 0 amide bonds. The van der Waals surface area contributed by atoms with E-state index in [1.165, 1.54) is 5.06 Å². The number of hydrogen-bond acceptors (Lipinski definition) is 4. The Labute approximate surface area is 137 Å². The average Bonchev–Trinajstić information content (AvgIpc) is 2.79. The maximum Gasteiger partial charge on any atom is 0.204 e. The third kappa shape index (κ3) is 3.80. The van der Waals surface area contributed by atoms with Crippen LogP contribution in [0.3, 0.4) is 0 Å². The van der Waals surface area contributed by atoms with E-state index in [9.17, 15) is 5.21 Å². The SMILES string of the molecule is CC1(C)COC([C@H](Cl)[C@H](c2ccccc2)N(O)C(C)(C)C)=N1. The number of alkyl halides is 1. The zero-order valence-electron chi connectivity index (χ0n) is 13.9. The van der Waals surface area contributed by atoms with Crippen molar-refractivity contribution in [2.45, 2.75) is 57.1 Å². The lowest BCUT2D eigenvalue weighted by Crippen LogP contribution is -2.46. The number of hydroxylamine groups is 2. The predicted octanol–water partition coefficient (Wildman–Crippen LogP) is 4.03. The van der Waals surface area contributed by atoms with Crippen LogP contribution < -0.4 is 0 Å². The summed E-state index contributed by atoms with van der Waals surface area (Å²) in [7, 11) is 0. The standard InChI is InChI=1S/C17H25ClN2O2/c1-16(2,3)20(21)14(12-9-7-6-8-10-12)13(18)15-19-17(4,5)11-22-15/h6-10,13-14,21H,11H2,1-5H3/t13-,14+/m1/s1. The average molecular weight is 325 g/mol. The van der Waals surface area contributed by atoms with Gasteiger partial charge in [0.25, 0.3) is 0 Å². The van der Waals surface area contributed by atoms with Gasteiger partial charge in [-0.05, 0) is 40.2 Å². The van der Waals surface area contributed by atoms with E-state index in [0.717, 1.165) is 5.56 Å². The highest BCUT2D eigenvalue weighted by molar-refractivity contribution is 6.31. The van der Waals surface area contributed by atoms with Gasteiger partial charge in [0.2, 0.25) is 5.90 Å². The molecule has 2 atom stereocenters. The van der Waals surface area contributed by atoms with Gasteiger partial charge in [-0.2, -0.15) is 5.06 Å². The first kappa shape index (κ1) is 17.3. The van der Waals surface area contributed by atoms with Crippen LogP contribution in [0.5, 0.6) is 0 Å². The first-order valence-corrected chi connectivity index (χ1v) is 7.95. The summed E-state index contributed by atoms with van der Waals surface area (Å²) in [5.41, 5.74) is 0.199. The molecule has 0 aromatic heterocycles. The van der Waals surface area contributed by atoms with Crippen LogP contribution in [-0.4, -0.2) is 39.2 Å². The lowest BCUT2D eigenvalue weighted by atomic mass is 9.98. The van der Waals surface area contributed by atoms with Gasteiger partial charge in [-0.1, -0.05) is 30.3 Å². The summed E-state index contributed by atoms with van der Waals surface area (Å²) in [6.07, 6.45) is 0. The molecule has 0 spiro atoms. The Balaban J connectivity index is 2.37. The number of hydrogen-bond donors (Lipinski definition) is 1. The van der Waals surface area contributed by atoms with Crippen LogP contribution in [0.15, 0.2) is 35.3 Å². The molecule has 0 unspecified atom stereocenters. The van der Waals surface area contributed by atoms with E-state index < -0.39 is 17.0 Å². The molecular weight excluding hydrogens is 300 g/mol. The first-order valence-electron chi connectivity index (χ1n) is 7.51. The van der Waals surface area contributed by atoms with Crippen molar-refractivity contribution in [2.24, 2.45) is 4.99 Å². The number of benzene rings is 1. The van der Waals surface area contributed by atoms with Crippen molar-refractivity contribution in [1.82, 2.24) is 5.06 Å². The molecule has 1 aliphatic rings. The Bertz CT molecular complexity index is 537. The second-order valence-electron chi connectivity index (χ2n) is 7.32. The quantitative estimate of drug-likeness (QED) is 0.671. The molecule has 1 N–H and O–H groups in total. The van der Waals surface area contributed by atoms with Crippen molar-refractivity contribution < 1.29 is 9.94 Å². The molecule has 122 valence electrons. The second kappa shape index (κ2) is 6.19. The molecule has 0 saturated carbocycles. The molecule has 0 saturated heterocycles. The number of rotatable bonds is 4. The Morgan fingerprint density at radius 3 is 2.32 bits per heavy atom. The highest BCUT2D eigenvalue weighted by Crippen LogP contribution is 2.34. The largest absolute Gasteiger partial charge is 0.477 e. The lowest BCUT2D eigenvalue weighted by Gasteiger charge is -2.38. The minimum absolute atomic E-state index is 0.272. The van der Waals surface area contributed by atoms with E-state index in [4.69, 9.17) is 16.3 Å². The zero-order chi connectivity index (χ0) is 16.5. The molecule has 2 rings (SSSR count). The number of nitrogens with zero attached hydrogens (tertiary/aromatic N) is 2. The lowest BCUT2D eigenvalue weighted by molar-refractivity contribution is -0.187. The third-order valence-electron chi connectivity index (χ3n) is 3.59.